The van der Waals surface area contributed by atoms with Crippen LogP contribution in [0.5, 0.6) is 11.5 Å². The first-order valence-corrected chi connectivity index (χ1v) is 11.0. The summed E-state index contributed by atoms with van der Waals surface area (Å²) in [6.07, 6.45) is 4.52. The Bertz CT molecular complexity index is 1330. The van der Waals surface area contributed by atoms with E-state index in [1.54, 1.807) is 29.3 Å². The Balaban J connectivity index is 1.27. The van der Waals surface area contributed by atoms with Crippen molar-refractivity contribution in [2.24, 2.45) is 5.73 Å². The molecule has 2 aromatic heterocycles. The smallest absolute Gasteiger partial charge is 0.240 e. The van der Waals surface area contributed by atoms with E-state index < -0.39 is 11.9 Å². The summed E-state index contributed by atoms with van der Waals surface area (Å²) in [5.41, 5.74) is 11.0. The number of nitrogens with one attached hydrogen (secondary N) is 1. The van der Waals surface area contributed by atoms with Crippen LogP contribution in [0.3, 0.4) is 0 Å². The predicted octanol–water partition coefficient (Wildman–Crippen LogP) is 4.26. The first-order chi connectivity index (χ1) is 16.0. The maximum absolute atomic E-state index is 14.8. The first kappa shape index (κ1) is 21.2. The number of aromatic amines is 1. The number of fused-ring (bicyclic) bond motifs is 2. The lowest BCUT2D eigenvalue weighted by molar-refractivity contribution is -0.133. The highest BCUT2D eigenvalue weighted by atomic mass is 19.1. The van der Waals surface area contributed by atoms with Gasteiger partial charge in [0, 0.05) is 25.5 Å². The summed E-state index contributed by atoms with van der Waals surface area (Å²) in [5, 5.41) is 0.816. The fraction of sp³-hybridized carbons (Fsp3) is 0.231. The maximum Gasteiger partial charge on any atom is 0.240 e. The Labute approximate surface area is 191 Å². The number of aromatic nitrogens is 2. The lowest BCUT2D eigenvalue weighted by Gasteiger charge is -2.31. The van der Waals surface area contributed by atoms with Crippen molar-refractivity contribution in [2.45, 2.75) is 32.4 Å². The van der Waals surface area contributed by atoms with Crippen molar-refractivity contribution in [3.05, 3.63) is 89.0 Å². The molecule has 168 valence electrons. The number of carbonyl (C=O) groups is 1. The van der Waals surface area contributed by atoms with Crippen LogP contribution in [0.1, 0.15) is 22.3 Å². The lowest BCUT2D eigenvalue weighted by Crippen LogP contribution is -2.46. The van der Waals surface area contributed by atoms with Gasteiger partial charge in [-0.2, -0.15) is 0 Å². The number of halogens is 1. The molecule has 0 aliphatic carbocycles. The van der Waals surface area contributed by atoms with Crippen molar-refractivity contribution < 1.29 is 13.9 Å². The van der Waals surface area contributed by atoms with Gasteiger partial charge >= 0.3 is 0 Å². The van der Waals surface area contributed by atoms with Gasteiger partial charge in [-0.1, -0.05) is 30.3 Å². The van der Waals surface area contributed by atoms with Crippen LogP contribution < -0.4 is 10.5 Å². The van der Waals surface area contributed by atoms with Crippen molar-refractivity contribution in [1.82, 2.24) is 14.9 Å². The van der Waals surface area contributed by atoms with E-state index >= 15 is 0 Å². The minimum Gasteiger partial charge on any atom is -0.453 e. The quantitative estimate of drug-likeness (QED) is 0.482. The molecule has 3 N–H and O–H groups in total. The molecule has 0 spiro atoms. The molecule has 1 atom stereocenters. The highest BCUT2D eigenvalue weighted by molar-refractivity contribution is 5.86. The van der Waals surface area contributed by atoms with E-state index in [0.29, 0.717) is 30.0 Å². The van der Waals surface area contributed by atoms with Gasteiger partial charge in [0.25, 0.3) is 0 Å². The van der Waals surface area contributed by atoms with Crippen LogP contribution in [-0.4, -0.2) is 33.4 Å². The third-order valence-electron chi connectivity index (χ3n) is 6.16. The fourth-order valence-electron chi connectivity index (χ4n) is 4.40. The van der Waals surface area contributed by atoms with Gasteiger partial charge in [0.2, 0.25) is 5.91 Å². The molecule has 0 unspecified atom stereocenters. The van der Waals surface area contributed by atoms with Gasteiger partial charge in [0.05, 0.1) is 11.4 Å². The molecule has 7 heteroatoms. The van der Waals surface area contributed by atoms with Crippen molar-refractivity contribution in [2.75, 3.05) is 6.54 Å². The van der Waals surface area contributed by atoms with E-state index in [2.05, 4.69) is 16.0 Å². The third-order valence-corrected chi connectivity index (χ3v) is 6.16. The molecule has 2 aromatic carbocycles. The zero-order chi connectivity index (χ0) is 22.9. The number of amides is 1. The van der Waals surface area contributed by atoms with Crippen molar-refractivity contribution in [1.29, 1.82) is 0 Å². The number of hydrogen-bond acceptors (Lipinski definition) is 4. The second-order valence-corrected chi connectivity index (χ2v) is 8.46. The number of carbonyl (C=O) groups excluding carboxylic acids is 1. The van der Waals surface area contributed by atoms with Gasteiger partial charge in [-0.05, 0) is 60.2 Å². The van der Waals surface area contributed by atoms with Crippen LogP contribution in [0.2, 0.25) is 0 Å². The van der Waals surface area contributed by atoms with Crippen LogP contribution >= 0.6 is 0 Å². The summed E-state index contributed by atoms with van der Waals surface area (Å²) in [5.74, 6) is 0.0200. The average Bonchev–Trinajstić information content (AvgIpc) is 3.21. The maximum atomic E-state index is 14.8. The van der Waals surface area contributed by atoms with Gasteiger partial charge in [-0.15, -0.1) is 0 Å². The molecular formula is C26H25FN4O2. The highest BCUT2D eigenvalue weighted by Crippen LogP contribution is 2.32. The van der Waals surface area contributed by atoms with Gasteiger partial charge < -0.3 is 20.4 Å². The molecule has 5 rings (SSSR count). The summed E-state index contributed by atoms with van der Waals surface area (Å²) in [6, 6.07) is 13.8. The van der Waals surface area contributed by atoms with E-state index in [9.17, 15) is 9.18 Å². The number of nitrogens with two attached hydrogens (primary N) is 1. The molecule has 0 saturated heterocycles. The Hall–Kier alpha value is -3.71. The Kier molecular flexibility index (Phi) is 5.56. The Morgan fingerprint density at radius 2 is 2.03 bits per heavy atom. The zero-order valence-corrected chi connectivity index (χ0v) is 18.3. The molecule has 0 fully saturated rings. The van der Waals surface area contributed by atoms with E-state index in [1.807, 2.05) is 31.3 Å². The molecule has 3 heterocycles. The molecule has 1 aliphatic heterocycles. The Morgan fingerprint density at radius 3 is 2.85 bits per heavy atom. The molecular weight excluding hydrogens is 419 g/mol. The van der Waals surface area contributed by atoms with Crippen LogP contribution in [0.15, 0.2) is 60.9 Å². The number of pyridine rings is 1. The number of benzene rings is 2. The second kappa shape index (κ2) is 8.67. The van der Waals surface area contributed by atoms with Crippen molar-refractivity contribution in [3.63, 3.8) is 0 Å². The summed E-state index contributed by atoms with van der Waals surface area (Å²) in [4.78, 5) is 22.0. The molecule has 33 heavy (non-hydrogen) atoms. The van der Waals surface area contributed by atoms with Gasteiger partial charge in [-0.25, -0.2) is 9.37 Å². The monoisotopic (exact) mass is 444 g/mol. The lowest BCUT2D eigenvalue weighted by atomic mass is 9.98. The summed E-state index contributed by atoms with van der Waals surface area (Å²) in [7, 11) is 0. The van der Waals surface area contributed by atoms with Crippen LogP contribution in [0.25, 0.3) is 11.0 Å². The van der Waals surface area contributed by atoms with E-state index in [1.165, 1.54) is 11.6 Å². The summed E-state index contributed by atoms with van der Waals surface area (Å²) >= 11 is 0. The minimum atomic E-state index is -0.733. The SMILES string of the molecule is Cc1c[nH]c2nccc(Oc3ccc(C[C@H](N)C(=O)N4CCc5ccccc5C4)cc3F)c12. The summed E-state index contributed by atoms with van der Waals surface area (Å²) < 4.78 is 20.7. The number of nitrogens with zero attached hydrogens (tertiary/aromatic N) is 2. The first-order valence-electron chi connectivity index (χ1n) is 11.0. The molecule has 1 aliphatic rings. The van der Waals surface area contributed by atoms with E-state index in [4.69, 9.17) is 10.5 Å². The highest BCUT2D eigenvalue weighted by Gasteiger charge is 2.25. The van der Waals surface area contributed by atoms with Gasteiger partial charge in [-0.3, -0.25) is 4.79 Å². The van der Waals surface area contributed by atoms with Crippen molar-refractivity contribution in [3.8, 4) is 11.5 Å². The van der Waals surface area contributed by atoms with E-state index in [-0.39, 0.29) is 18.1 Å². The van der Waals surface area contributed by atoms with Gasteiger partial charge in [0.15, 0.2) is 11.6 Å². The summed E-state index contributed by atoms with van der Waals surface area (Å²) in [6.45, 7) is 3.14. The zero-order valence-electron chi connectivity index (χ0n) is 18.3. The standard InChI is InChI=1S/C26H25FN4O2/c1-16-14-30-25-24(16)23(8-10-29-25)33-22-7-6-17(12-20(22)27)13-21(28)26(32)31-11-9-18-4-2-3-5-19(18)15-31/h2-8,10,12,14,21H,9,11,13,15,28H2,1H3,(H,29,30)/t21-/m0/s1. The number of ether oxygens (including phenoxy) is 1. The third kappa shape index (κ3) is 4.19. The normalized spacial score (nSPS) is 14.2. The molecule has 1 amide bonds. The molecule has 4 aromatic rings. The molecule has 6 nitrogen and oxygen atoms in total. The predicted molar refractivity (Wildman–Crippen MR) is 125 cm³/mol. The molecule has 0 radical (unpaired) electrons. The average molecular weight is 445 g/mol. The topological polar surface area (TPSA) is 84.2 Å². The number of hydrogen-bond donors (Lipinski definition) is 2. The fourth-order valence-corrected chi connectivity index (χ4v) is 4.40. The van der Waals surface area contributed by atoms with Crippen molar-refractivity contribution >= 4 is 16.9 Å². The number of H-pyrrole nitrogens is 1. The largest absolute Gasteiger partial charge is 0.453 e. The minimum absolute atomic E-state index is 0.111. The molecule has 0 saturated carbocycles. The van der Waals surface area contributed by atoms with Crippen LogP contribution in [-0.2, 0) is 24.2 Å². The second-order valence-electron chi connectivity index (χ2n) is 8.46. The number of rotatable bonds is 5. The van der Waals surface area contributed by atoms with Crippen LogP contribution in [0.4, 0.5) is 4.39 Å². The Morgan fingerprint density at radius 1 is 1.21 bits per heavy atom. The number of aryl methyl sites for hydroxylation is 1. The molecule has 0 bridgehead atoms. The van der Waals surface area contributed by atoms with Crippen LogP contribution in [0, 0.1) is 12.7 Å². The van der Waals surface area contributed by atoms with E-state index in [0.717, 1.165) is 22.9 Å². The van der Waals surface area contributed by atoms with Gasteiger partial charge in [0.1, 0.15) is 11.4 Å².